The Morgan fingerprint density at radius 3 is 2.69 bits per heavy atom. The first-order chi connectivity index (χ1) is 12.6. The van der Waals surface area contributed by atoms with Crippen LogP contribution in [-0.2, 0) is 4.79 Å². The number of nitrogens with one attached hydrogen (secondary N) is 2. The van der Waals surface area contributed by atoms with Crippen LogP contribution in [0, 0.1) is 17.6 Å². The normalized spacial score (nSPS) is 14.2. The Labute approximate surface area is 148 Å². The Morgan fingerprint density at radius 2 is 1.96 bits per heavy atom. The molecule has 1 aromatic heterocycles. The van der Waals surface area contributed by atoms with E-state index in [2.05, 4.69) is 15.5 Å². The van der Waals surface area contributed by atoms with Gasteiger partial charge in [0.2, 0.25) is 5.91 Å². The van der Waals surface area contributed by atoms with E-state index in [9.17, 15) is 13.6 Å². The molecule has 0 bridgehead atoms. The van der Waals surface area contributed by atoms with Crippen molar-refractivity contribution in [2.75, 3.05) is 5.32 Å². The van der Waals surface area contributed by atoms with Crippen molar-refractivity contribution < 1.29 is 13.6 Å². The Kier molecular flexibility index (Phi) is 4.24. The summed E-state index contributed by atoms with van der Waals surface area (Å²) >= 11 is 0. The summed E-state index contributed by atoms with van der Waals surface area (Å²) in [6, 6.07) is 8.98. The molecule has 0 radical (unpaired) electrons. The van der Waals surface area contributed by atoms with Crippen molar-refractivity contribution in [2.45, 2.75) is 19.3 Å². The van der Waals surface area contributed by atoms with Gasteiger partial charge in [-0.05, 0) is 48.6 Å². The monoisotopic (exact) mass is 353 g/mol. The van der Waals surface area contributed by atoms with Crippen LogP contribution in [0.2, 0.25) is 0 Å². The number of rotatable bonds is 5. The molecule has 0 unspecified atom stereocenters. The van der Waals surface area contributed by atoms with Crippen LogP contribution >= 0.6 is 0 Å². The number of H-pyrrole nitrogens is 1. The molecule has 2 N–H and O–H groups in total. The van der Waals surface area contributed by atoms with E-state index >= 15 is 0 Å². The largest absolute Gasteiger partial charge is 0.324 e. The number of anilines is 1. The van der Waals surface area contributed by atoms with Crippen LogP contribution in [0.5, 0.6) is 0 Å². The maximum Gasteiger partial charge on any atom is 0.224 e. The maximum absolute atomic E-state index is 14.2. The van der Waals surface area contributed by atoms with Gasteiger partial charge in [-0.15, -0.1) is 0 Å². The van der Waals surface area contributed by atoms with Gasteiger partial charge in [0, 0.05) is 17.9 Å². The number of fused-ring (bicyclic) bond motifs is 1. The molecule has 1 heterocycles. The highest BCUT2D eigenvalue weighted by Crippen LogP contribution is 2.33. The van der Waals surface area contributed by atoms with Crippen LogP contribution in [0.1, 0.15) is 30.5 Å². The third-order valence-electron chi connectivity index (χ3n) is 4.43. The highest BCUT2D eigenvalue weighted by atomic mass is 19.1. The zero-order valence-electron chi connectivity index (χ0n) is 13.9. The van der Waals surface area contributed by atoms with Crippen molar-refractivity contribution in [2.24, 2.45) is 5.92 Å². The van der Waals surface area contributed by atoms with E-state index in [4.69, 9.17) is 0 Å². The van der Waals surface area contributed by atoms with E-state index in [-0.39, 0.29) is 17.4 Å². The summed E-state index contributed by atoms with van der Waals surface area (Å²) in [4.78, 5) is 12.0. The predicted molar refractivity (Wildman–Crippen MR) is 97.4 cm³/mol. The molecule has 132 valence electrons. The molecule has 1 aliphatic rings. The van der Waals surface area contributed by atoms with E-state index in [0.29, 0.717) is 28.9 Å². The molecule has 1 amide bonds. The molecular formula is C20H17F2N3O. The van der Waals surface area contributed by atoms with E-state index in [1.54, 1.807) is 30.4 Å². The number of aromatic amines is 1. The van der Waals surface area contributed by atoms with E-state index in [1.807, 2.05) is 0 Å². The smallest absolute Gasteiger partial charge is 0.224 e. The average molecular weight is 353 g/mol. The van der Waals surface area contributed by atoms with Gasteiger partial charge in [-0.2, -0.15) is 5.10 Å². The Balaban J connectivity index is 1.60. The van der Waals surface area contributed by atoms with Crippen LogP contribution < -0.4 is 5.32 Å². The van der Waals surface area contributed by atoms with Gasteiger partial charge in [0.25, 0.3) is 0 Å². The van der Waals surface area contributed by atoms with Gasteiger partial charge in [-0.1, -0.05) is 18.2 Å². The molecular weight excluding hydrogens is 336 g/mol. The van der Waals surface area contributed by atoms with Gasteiger partial charge in [0.05, 0.1) is 16.9 Å². The number of nitrogens with zero attached hydrogens (tertiary/aromatic N) is 1. The maximum atomic E-state index is 14.2. The van der Waals surface area contributed by atoms with E-state index in [1.165, 1.54) is 18.2 Å². The second-order valence-electron chi connectivity index (χ2n) is 6.57. The molecule has 0 aliphatic heterocycles. The number of benzene rings is 2. The van der Waals surface area contributed by atoms with Gasteiger partial charge in [0.15, 0.2) is 0 Å². The highest BCUT2D eigenvalue weighted by molar-refractivity contribution is 5.96. The summed E-state index contributed by atoms with van der Waals surface area (Å²) in [5.41, 5.74) is 2.13. The fraction of sp³-hybridized carbons (Fsp3) is 0.200. The van der Waals surface area contributed by atoms with Gasteiger partial charge < -0.3 is 5.32 Å². The Morgan fingerprint density at radius 1 is 1.19 bits per heavy atom. The summed E-state index contributed by atoms with van der Waals surface area (Å²) in [5, 5.41) is 10.3. The number of aromatic nitrogens is 2. The minimum atomic E-state index is -0.501. The molecule has 1 aliphatic carbocycles. The van der Waals surface area contributed by atoms with Gasteiger partial charge >= 0.3 is 0 Å². The average Bonchev–Trinajstić information content (AvgIpc) is 3.34. The first kappa shape index (κ1) is 16.4. The fourth-order valence-electron chi connectivity index (χ4n) is 2.82. The lowest BCUT2D eigenvalue weighted by atomic mass is 10.1. The van der Waals surface area contributed by atoms with Crippen LogP contribution in [-0.4, -0.2) is 16.1 Å². The summed E-state index contributed by atoms with van der Waals surface area (Å²) in [6.07, 6.45) is 6.12. The molecule has 26 heavy (non-hydrogen) atoms. The quantitative estimate of drug-likeness (QED) is 0.695. The van der Waals surface area contributed by atoms with Crippen molar-refractivity contribution in [1.29, 1.82) is 0 Å². The molecule has 1 saturated carbocycles. The third kappa shape index (κ3) is 3.64. The van der Waals surface area contributed by atoms with Crippen molar-refractivity contribution in [3.8, 4) is 0 Å². The molecule has 0 saturated heterocycles. The molecule has 0 atom stereocenters. The standard InChI is InChI=1S/C20H17F2N3O/c21-14-6-3-12(4-7-14)5-8-17-15-10-19(16(22)11-18(15)25-24-17)23-20(26)9-13-1-2-13/h3-8,10-11,13H,1-2,9H2,(H,23,26)(H,24,25). The first-order valence-corrected chi connectivity index (χ1v) is 8.49. The number of hydrogen-bond acceptors (Lipinski definition) is 2. The number of carbonyl (C=O) groups excluding carboxylic acids is 1. The summed E-state index contributed by atoms with van der Waals surface area (Å²) in [6.45, 7) is 0. The highest BCUT2D eigenvalue weighted by Gasteiger charge is 2.24. The molecule has 4 nitrogen and oxygen atoms in total. The van der Waals surface area contributed by atoms with Gasteiger partial charge in [-0.25, -0.2) is 8.78 Å². The molecule has 3 aromatic rings. The van der Waals surface area contributed by atoms with Gasteiger partial charge in [0.1, 0.15) is 11.6 Å². The second kappa shape index (κ2) is 6.71. The lowest BCUT2D eigenvalue weighted by Gasteiger charge is -2.06. The zero-order chi connectivity index (χ0) is 18.1. The molecule has 1 fully saturated rings. The molecule has 0 spiro atoms. The topological polar surface area (TPSA) is 57.8 Å². The van der Waals surface area contributed by atoms with E-state index < -0.39 is 5.82 Å². The summed E-state index contributed by atoms with van der Waals surface area (Å²) in [5.74, 6) is -0.531. The molecule has 2 aromatic carbocycles. The van der Waals surface area contributed by atoms with Crippen molar-refractivity contribution in [3.05, 3.63) is 59.3 Å². The van der Waals surface area contributed by atoms with Crippen LogP contribution in [0.15, 0.2) is 36.4 Å². The molecule has 6 heteroatoms. The number of hydrogen-bond donors (Lipinski definition) is 2. The van der Waals surface area contributed by atoms with Crippen molar-refractivity contribution >= 4 is 34.6 Å². The minimum absolute atomic E-state index is 0.154. The summed E-state index contributed by atoms with van der Waals surface area (Å²) < 4.78 is 27.2. The van der Waals surface area contributed by atoms with Gasteiger partial charge in [-0.3, -0.25) is 9.89 Å². The first-order valence-electron chi connectivity index (χ1n) is 8.49. The molecule has 4 rings (SSSR count). The SMILES string of the molecule is O=C(CC1CC1)Nc1cc2c(C=Cc3ccc(F)cc3)n[nH]c2cc1F. The lowest BCUT2D eigenvalue weighted by molar-refractivity contribution is -0.116. The zero-order valence-corrected chi connectivity index (χ0v) is 13.9. The minimum Gasteiger partial charge on any atom is -0.324 e. The van der Waals surface area contributed by atoms with Crippen molar-refractivity contribution in [3.63, 3.8) is 0 Å². The predicted octanol–water partition coefficient (Wildman–Crippen LogP) is 4.75. The van der Waals surface area contributed by atoms with Crippen LogP contribution in [0.3, 0.4) is 0 Å². The number of halogens is 2. The number of amides is 1. The Bertz CT molecular complexity index is 988. The third-order valence-corrected chi connectivity index (χ3v) is 4.43. The number of carbonyl (C=O) groups is 1. The fourth-order valence-corrected chi connectivity index (χ4v) is 2.82. The summed E-state index contributed by atoms with van der Waals surface area (Å²) in [7, 11) is 0. The second-order valence-corrected chi connectivity index (χ2v) is 6.57. The van der Waals surface area contributed by atoms with E-state index in [0.717, 1.165) is 18.4 Å². The Hall–Kier alpha value is -3.02. The van der Waals surface area contributed by atoms with Crippen LogP contribution in [0.25, 0.3) is 23.1 Å². The van der Waals surface area contributed by atoms with Crippen molar-refractivity contribution in [1.82, 2.24) is 10.2 Å². The lowest BCUT2D eigenvalue weighted by Crippen LogP contribution is -2.13. The van der Waals surface area contributed by atoms with Crippen LogP contribution in [0.4, 0.5) is 14.5 Å².